The molecule has 0 saturated carbocycles. The van der Waals surface area contributed by atoms with Crippen LogP contribution in [0.3, 0.4) is 0 Å². The third-order valence-corrected chi connectivity index (χ3v) is 2.73. The maximum atomic E-state index is 11.9. The molecule has 1 fully saturated rings. The molecule has 0 aromatic rings. The van der Waals surface area contributed by atoms with E-state index in [1.807, 2.05) is 25.7 Å². The molecule has 0 aliphatic carbocycles. The number of nitrogens with zero attached hydrogens (tertiary/aromatic N) is 1. The molecule has 1 unspecified atom stereocenters. The highest BCUT2D eigenvalue weighted by molar-refractivity contribution is 5.93. The van der Waals surface area contributed by atoms with Crippen LogP contribution in [-0.4, -0.2) is 36.5 Å². The molecule has 0 bridgehead atoms. The lowest BCUT2D eigenvalue weighted by molar-refractivity contribution is -0.128. The van der Waals surface area contributed by atoms with Crippen molar-refractivity contribution in [2.24, 2.45) is 0 Å². The van der Waals surface area contributed by atoms with E-state index in [2.05, 4.69) is 12.2 Å². The van der Waals surface area contributed by atoms with Crippen LogP contribution in [0, 0.1) is 0 Å². The third-order valence-electron chi connectivity index (χ3n) is 2.73. The van der Waals surface area contributed by atoms with Crippen LogP contribution in [-0.2, 0) is 4.79 Å². The monoisotopic (exact) mass is 232 g/mol. The molecule has 15 heavy (non-hydrogen) atoms. The standard InChI is InChI=1S/C11H20N2O.ClH/c1-8(2)10(4)11(14)13-6-5-12-9(3)7-13;/h9,12H,5-7H2,1-4H3;1H. The summed E-state index contributed by atoms with van der Waals surface area (Å²) in [6, 6.07) is 0.415. The minimum atomic E-state index is 0. The van der Waals surface area contributed by atoms with Gasteiger partial charge in [-0.25, -0.2) is 0 Å². The van der Waals surface area contributed by atoms with Crippen LogP contribution in [0.25, 0.3) is 0 Å². The van der Waals surface area contributed by atoms with E-state index in [9.17, 15) is 4.79 Å². The van der Waals surface area contributed by atoms with Gasteiger partial charge in [0.1, 0.15) is 0 Å². The Hall–Kier alpha value is -0.540. The molecular formula is C11H21ClN2O. The average molecular weight is 233 g/mol. The van der Waals surface area contributed by atoms with Crippen LogP contribution < -0.4 is 5.32 Å². The topological polar surface area (TPSA) is 32.3 Å². The summed E-state index contributed by atoms with van der Waals surface area (Å²) in [5, 5.41) is 3.33. The van der Waals surface area contributed by atoms with Crippen LogP contribution >= 0.6 is 12.4 Å². The number of allylic oxidation sites excluding steroid dienone is 1. The van der Waals surface area contributed by atoms with Gasteiger partial charge in [-0.15, -0.1) is 12.4 Å². The van der Waals surface area contributed by atoms with E-state index in [-0.39, 0.29) is 18.3 Å². The van der Waals surface area contributed by atoms with Gasteiger partial charge in [-0.2, -0.15) is 0 Å². The lowest BCUT2D eigenvalue weighted by atomic mass is 10.1. The Morgan fingerprint density at radius 3 is 2.40 bits per heavy atom. The van der Waals surface area contributed by atoms with Crippen LogP contribution in [0.5, 0.6) is 0 Å². The highest BCUT2D eigenvalue weighted by Crippen LogP contribution is 2.09. The first-order valence-corrected chi connectivity index (χ1v) is 5.19. The summed E-state index contributed by atoms with van der Waals surface area (Å²) in [4.78, 5) is 13.9. The molecule has 1 N–H and O–H groups in total. The Balaban J connectivity index is 0.00000196. The molecule has 1 atom stereocenters. The molecule has 1 amide bonds. The summed E-state index contributed by atoms with van der Waals surface area (Å²) >= 11 is 0. The fourth-order valence-electron chi connectivity index (χ4n) is 1.57. The Labute approximate surface area is 98.3 Å². The number of hydrogen-bond acceptors (Lipinski definition) is 2. The van der Waals surface area contributed by atoms with Gasteiger partial charge in [0, 0.05) is 31.2 Å². The summed E-state index contributed by atoms with van der Waals surface area (Å²) < 4.78 is 0. The third kappa shape index (κ3) is 3.84. The number of piperazine rings is 1. The normalized spacial score (nSPS) is 20.5. The molecule has 4 heteroatoms. The SMILES string of the molecule is CC(C)=C(C)C(=O)N1CCNC(C)C1.Cl. The van der Waals surface area contributed by atoms with Gasteiger partial charge in [-0.1, -0.05) is 5.57 Å². The maximum absolute atomic E-state index is 11.9. The van der Waals surface area contributed by atoms with Crippen molar-refractivity contribution < 1.29 is 4.79 Å². The number of carbonyl (C=O) groups is 1. The summed E-state index contributed by atoms with van der Waals surface area (Å²) in [7, 11) is 0. The van der Waals surface area contributed by atoms with Gasteiger partial charge in [0.25, 0.3) is 0 Å². The van der Waals surface area contributed by atoms with Crippen LogP contribution in [0.1, 0.15) is 27.7 Å². The second kappa shape index (κ2) is 6.13. The van der Waals surface area contributed by atoms with Crippen molar-refractivity contribution in [1.82, 2.24) is 10.2 Å². The smallest absolute Gasteiger partial charge is 0.249 e. The van der Waals surface area contributed by atoms with Crippen molar-refractivity contribution in [3.05, 3.63) is 11.1 Å². The Morgan fingerprint density at radius 2 is 1.93 bits per heavy atom. The quantitative estimate of drug-likeness (QED) is 0.697. The van der Waals surface area contributed by atoms with Crippen LogP contribution in [0.2, 0.25) is 0 Å². The van der Waals surface area contributed by atoms with Crippen molar-refractivity contribution >= 4 is 18.3 Å². The highest BCUT2D eigenvalue weighted by Gasteiger charge is 2.21. The Kier molecular flexibility index (Phi) is 5.91. The molecule has 0 radical (unpaired) electrons. The molecule has 0 spiro atoms. The largest absolute Gasteiger partial charge is 0.336 e. The molecule has 1 aliphatic rings. The van der Waals surface area contributed by atoms with E-state index in [1.54, 1.807) is 0 Å². The predicted molar refractivity (Wildman–Crippen MR) is 65.3 cm³/mol. The fourth-order valence-corrected chi connectivity index (χ4v) is 1.57. The average Bonchev–Trinajstić information content (AvgIpc) is 2.15. The van der Waals surface area contributed by atoms with E-state index in [1.165, 1.54) is 0 Å². The Bertz CT molecular complexity index is 259. The number of amides is 1. The summed E-state index contributed by atoms with van der Waals surface area (Å²) in [6.07, 6.45) is 0. The van der Waals surface area contributed by atoms with E-state index in [4.69, 9.17) is 0 Å². The molecule has 3 nitrogen and oxygen atoms in total. The van der Waals surface area contributed by atoms with Crippen molar-refractivity contribution in [1.29, 1.82) is 0 Å². The number of nitrogens with one attached hydrogen (secondary N) is 1. The summed E-state index contributed by atoms with van der Waals surface area (Å²) in [5.74, 6) is 0.193. The van der Waals surface area contributed by atoms with Gasteiger partial charge in [-0.3, -0.25) is 4.79 Å². The predicted octanol–water partition coefficient (Wildman–Crippen LogP) is 1.58. The first-order chi connectivity index (χ1) is 6.52. The van der Waals surface area contributed by atoms with Gasteiger partial charge in [0.05, 0.1) is 0 Å². The molecule has 0 aromatic carbocycles. The highest BCUT2D eigenvalue weighted by atomic mass is 35.5. The summed E-state index contributed by atoms with van der Waals surface area (Å²) in [6.45, 7) is 10.5. The van der Waals surface area contributed by atoms with E-state index >= 15 is 0 Å². The molecule has 1 aliphatic heterocycles. The van der Waals surface area contributed by atoms with Crippen LogP contribution in [0.15, 0.2) is 11.1 Å². The Morgan fingerprint density at radius 1 is 1.33 bits per heavy atom. The van der Waals surface area contributed by atoms with Gasteiger partial charge < -0.3 is 10.2 Å². The number of rotatable bonds is 1. The zero-order valence-corrected chi connectivity index (χ0v) is 10.8. The molecular weight excluding hydrogens is 212 g/mol. The molecule has 88 valence electrons. The molecule has 1 saturated heterocycles. The second-order valence-electron chi connectivity index (χ2n) is 4.23. The minimum absolute atomic E-state index is 0. The molecule has 1 rings (SSSR count). The second-order valence-corrected chi connectivity index (χ2v) is 4.23. The molecule has 0 aromatic heterocycles. The zero-order chi connectivity index (χ0) is 10.7. The van der Waals surface area contributed by atoms with Crippen molar-refractivity contribution in [3.63, 3.8) is 0 Å². The number of hydrogen-bond donors (Lipinski definition) is 1. The number of halogens is 1. The minimum Gasteiger partial charge on any atom is -0.336 e. The van der Waals surface area contributed by atoms with E-state index in [0.717, 1.165) is 30.8 Å². The van der Waals surface area contributed by atoms with Gasteiger partial charge in [-0.05, 0) is 27.7 Å². The maximum Gasteiger partial charge on any atom is 0.249 e. The van der Waals surface area contributed by atoms with E-state index < -0.39 is 0 Å². The lowest BCUT2D eigenvalue weighted by Gasteiger charge is -2.32. The van der Waals surface area contributed by atoms with Gasteiger partial charge in [0.15, 0.2) is 0 Å². The van der Waals surface area contributed by atoms with Crippen molar-refractivity contribution in [2.75, 3.05) is 19.6 Å². The first-order valence-electron chi connectivity index (χ1n) is 5.19. The molecule has 1 heterocycles. The van der Waals surface area contributed by atoms with Crippen molar-refractivity contribution in [3.8, 4) is 0 Å². The first kappa shape index (κ1) is 14.5. The van der Waals surface area contributed by atoms with Gasteiger partial charge in [0.2, 0.25) is 5.91 Å². The van der Waals surface area contributed by atoms with Gasteiger partial charge >= 0.3 is 0 Å². The van der Waals surface area contributed by atoms with Crippen molar-refractivity contribution in [2.45, 2.75) is 33.7 Å². The zero-order valence-electron chi connectivity index (χ0n) is 9.96. The number of carbonyl (C=O) groups excluding carboxylic acids is 1. The fraction of sp³-hybridized carbons (Fsp3) is 0.727. The van der Waals surface area contributed by atoms with E-state index in [0.29, 0.717) is 6.04 Å². The lowest BCUT2D eigenvalue weighted by Crippen LogP contribution is -2.51. The summed E-state index contributed by atoms with van der Waals surface area (Å²) in [5.41, 5.74) is 2.00. The van der Waals surface area contributed by atoms with Crippen LogP contribution in [0.4, 0.5) is 0 Å².